The third-order valence-corrected chi connectivity index (χ3v) is 5.59. The van der Waals surface area contributed by atoms with E-state index in [0.29, 0.717) is 0 Å². The van der Waals surface area contributed by atoms with Gasteiger partial charge in [0.1, 0.15) is 0 Å². The monoisotopic (exact) mass is 305 g/mol. The van der Waals surface area contributed by atoms with Gasteiger partial charge in [-0.05, 0) is 54.9 Å². The number of benzene rings is 1. The lowest BCUT2D eigenvalue weighted by molar-refractivity contribution is 0.00964. The van der Waals surface area contributed by atoms with E-state index in [9.17, 15) is 0 Å². The van der Waals surface area contributed by atoms with Gasteiger partial charge in [-0.15, -0.1) is 11.3 Å². The summed E-state index contributed by atoms with van der Waals surface area (Å²) in [6.07, 6.45) is 3.84. The predicted molar refractivity (Wildman–Crippen MR) is 87.4 cm³/mol. The van der Waals surface area contributed by atoms with Crippen LogP contribution in [0.25, 0.3) is 0 Å². The van der Waals surface area contributed by atoms with Crippen molar-refractivity contribution in [3.05, 3.63) is 57.2 Å². The molecule has 0 aliphatic heterocycles. The van der Waals surface area contributed by atoms with Crippen molar-refractivity contribution in [1.29, 1.82) is 0 Å². The van der Waals surface area contributed by atoms with E-state index in [4.69, 9.17) is 11.6 Å². The summed E-state index contributed by atoms with van der Waals surface area (Å²) in [7, 11) is 0. The van der Waals surface area contributed by atoms with Gasteiger partial charge >= 0.3 is 0 Å². The van der Waals surface area contributed by atoms with Gasteiger partial charge < -0.3 is 0 Å². The molecule has 2 aromatic rings. The lowest BCUT2D eigenvalue weighted by Gasteiger charge is -2.50. The molecule has 0 atom stereocenters. The summed E-state index contributed by atoms with van der Waals surface area (Å²) in [4.78, 5) is 4.08. The first-order chi connectivity index (χ1) is 9.74. The molecule has 0 unspecified atom stereocenters. The van der Waals surface area contributed by atoms with Crippen molar-refractivity contribution in [3.63, 3.8) is 0 Å². The Bertz CT molecular complexity index is 543. The molecular formula is C17H20ClNS. The molecule has 1 fully saturated rings. The highest BCUT2D eigenvalue weighted by molar-refractivity contribution is 7.09. The van der Waals surface area contributed by atoms with E-state index in [-0.39, 0.29) is 5.54 Å². The second-order valence-corrected chi connectivity index (χ2v) is 6.95. The van der Waals surface area contributed by atoms with Crippen LogP contribution in [0.3, 0.4) is 0 Å². The Hall–Kier alpha value is -0.830. The summed E-state index contributed by atoms with van der Waals surface area (Å²) in [5.74, 6) is 0. The SMILES string of the molecule is CCN(Cc1cccs1)C1(c2ccc(Cl)cc2)CCC1. The van der Waals surface area contributed by atoms with Gasteiger partial charge in [0.05, 0.1) is 0 Å². The van der Waals surface area contributed by atoms with Crippen LogP contribution in [0.2, 0.25) is 5.02 Å². The molecule has 0 spiro atoms. The Balaban J connectivity index is 1.88. The highest BCUT2D eigenvalue weighted by Crippen LogP contribution is 2.47. The fourth-order valence-electron chi connectivity index (χ4n) is 3.22. The van der Waals surface area contributed by atoms with E-state index in [0.717, 1.165) is 18.1 Å². The Morgan fingerprint density at radius 3 is 2.45 bits per heavy atom. The van der Waals surface area contributed by atoms with Crippen LogP contribution in [-0.2, 0) is 12.1 Å². The molecule has 20 heavy (non-hydrogen) atoms. The van der Waals surface area contributed by atoms with Crippen molar-refractivity contribution in [2.45, 2.75) is 38.3 Å². The van der Waals surface area contributed by atoms with Gasteiger partial charge in [0, 0.05) is 22.0 Å². The highest BCUT2D eigenvalue weighted by Gasteiger charge is 2.43. The summed E-state index contributed by atoms with van der Waals surface area (Å²) in [6, 6.07) is 12.8. The lowest BCUT2D eigenvalue weighted by atomic mass is 9.70. The number of hydrogen-bond donors (Lipinski definition) is 0. The molecule has 1 saturated carbocycles. The second-order valence-electron chi connectivity index (χ2n) is 5.49. The van der Waals surface area contributed by atoms with Gasteiger partial charge in [0.15, 0.2) is 0 Å². The second kappa shape index (κ2) is 5.88. The molecule has 106 valence electrons. The molecule has 0 saturated heterocycles. The number of thiophene rings is 1. The van der Waals surface area contributed by atoms with Crippen LogP contribution < -0.4 is 0 Å². The van der Waals surface area contributed by atoms with Crippen LogP contribution in [0.4, 0.5) is 0 Å². The lowest BCUT2D eigenvalue weighted by Crippen LogP contribution is -2.50. The van der Waals surface area contributed by atoms with Crippen LogP contribution in [0.15, 0.2) is 41.8 Å². The summed E-state index contributed by atoms with van der Waals surface area (Å²) in [6.45, 7) is 4.40. The minimum absolute atomic E-state index is 0.226. The fourth-order valence-corrected chi connectivity index (χ4v) is 4.06. The first-order valence-corrected chi connectivity index (χ1v) is 8.54. The van der Waals surface area contributed by atoms with E-state index in [1.165, 1.54) is 29.7 Å². The van der Waals surface area contributed by atoms with E-state index in [1.54, 1.807) is 0 Å². The molecule has 1 aliphatic carbocycles. The number of nitrogens with zero attached hydrogens (tertiary/aromatic N) is 1. The highest BCUT2D eigenvalue weighted by atomic mass is 35.5. The van der Waals surface area contributed by atoms with Gasteiger partial charge in [-0.2, -0.15) is 0 Å². The number of rotatable bonds is 5. The maximum absolute atomic E-state index is 6.04. The summed E-state index contributed by atoms with van der Waals surface area (Å²) in [5.41, 5.74) is 1.65. The van der Waals surface area contributed by atoms with Crippen molar-refractivity contribution in [1.82, 2.24) is 4.90 Å². The fraction of sp³-hybridized carbons (Fsp3) is 0.412. The molecule has 0 radical (unpaired) electrons. The Morgan fingerprint density at radius 2 is 1.95 bits per heavy atom. The average Bonchev–Trinajstić information content (AvgIpc) is 2.91. The molecule has 1 nitrogen and oxygen atoms in total. The van der Waals surface area contributed by atoms with Crippen LogP contribution in [0.1, 0.15) is 36.6 Å². The number of halogens is 1. The molecule has 0 amide bonds. The maximum atomic E-state index is 6.04. The van der Waals surface area contributed by atoms with Gasteiger partial charge in [0.2, 0.25) is 0 Å². The molecule has 0 N–H and O–H groups in total. The smallest absolute Gasteiger partial charge is 0.0464 e. The molecule has 0 bridgehead atoms. The first-order valence-electron chi connectivity index (χ1n) is 7.28. The average molecular weight is 306 g/mol. The molecule has 1 heterocycles. The zero-order valence-corrected chi connectivity index (χ0v) is 13.4. The van der Waals surface area contributed by atoms with Crippen molar-refractivity contribution >= 4 is 22.9 Å². The molecule has 3 rings (SSSR count). The van der Waals surface area contributed by atoms with Crippen molar-refractivity contribution in [2.75, 3.05) is 6.54 Å². The summed E-state index contributed by atoms with van der Waals surface area (Å²) < 4.78 is 0. The van der Waals surface area contributed by atoms with Crippen LogP contribution in [-0.4, -0.2) is 11.4 Å². The third-order valence-electron chi connectivity index (χ3n) is 4.48. The molecule has 1 aromatic carbocycles. The molecular weight excluding hydrogens is 286 g/mol. The minimum atomic E-state index is 0.226. The van der Waals surface area contributed by atoms with Crippen LogP contribution in [0.5, 0.6) is 0 Å². The zero-order chi connectivity index (χ0) is 14.0. The van der Waals surface area contributed by atoms with Crippen molar-refractivity contribution in [3.8, 4) is 0 Å². The molecule has 1 aliphatic rings. The van der Waals surface area contributed by atoms with E-state index in [1.807, 2.05) is 23.5 Å². The Labute approximate surface area is 130 Å². The summed E-state index contributed by atoms with van der Waals surface area (Å²) in [5, 5.41) is 2.99. The van der Waals surface area contributed by atoms with Crippen LogP contribution >= 0.6 is 22.9 Å². The van der Waals surface area contributed by atoms with Crippen molar-refractivity contribution in [2.24, 2.45) is 0 Å². The predicted octanol–water partition coefficient (Wildman–Crippen LogP) is 5.30. The topological polar surface area (TPSA) is 3.24 Å². The maximum Gasteiger partial charge on any atom is 0.0464 e. The van der Waals surface area contributed by atoms with E-state index in [2.05, 4.69) is 41.5 Å². The Morgan fingerprint density at radius 1 is 1.20 bits per heavy atom. The summed E-state index contributed by atoms with van der Waals surface area (Å²) >= 11 is 7.89. The number of hydrogen-bond acceptors (Lipinski definition) is 2. The van der Waals surface area contributed by atoms with Crippen molar-refractivity contribution < 1.29 is 0 Å². The van der Waals surface area contributed by atoms with E-state index >= 15 is 0 Å². The van der Waals surface area contributed by atoms with Gasteiger partial charge in [0.25, 0.3) is 0 Å². The normalized spacial score (nSPS) is 17.1. The minimum Gasteiger partial charge on any atom is -0.289 e. The largest absolute Gasteiger partial charge is 0.289 e. The standard InChI is InChI=1S/C17H20ClNS/c1-2-19(13-16-5-3-12-20-16)17(10-4-11-17)14-6-8-15(18)9-7-14/h3,5-9,12H,2,4,10-11,13H2,1H3. The van der Waals surface area contributed by atoms with Gasteiger partial charge in [-0.1, -0.05) is 36.7 Å². The van der Waals surface area contributed by atoms with E-state index < -0.39 is 0 Å². The molecule has 3 heteroatoms. The van der Waals surface area contributed by atoms with Gasteiger partial charge in [-0.25, -0.2) is 0 Å². The zero-order valence-electron chi connectivity index (χ0n) is 11.8. The molecule has 1 aromatic heterocycles. The Kier molecular flexibility index (Phi) is 4.16. The first kappa shape index (κ1) is 14.1. The quantitative estimate of drug-likeness (QED) is 0.724. The van der Waals surface area contributed by atoms with Gasteiger partial charge in [-0.3, -0.25) is 4.90 Å². The third kappa shape index (κ3) is 2.52. The van der Waals surface area contributed by atoms with Crippen LogP contribution in [0, 0.1) is 0 Å².